The van der Waals surface area contributed by atoms with E-state index in [1.54, 1.807) is 30.5 Å². The molecule has 0 atom stereocenters. The number of phenols is 2. The first-order valence-corrected chi connectivity index (χ1v) is 8.90. The summed E-state index contributed by atoms with van der Waals surface area (Å²) in [6, 6.07) is 17.8. The van der Waals surface area contributed by atoms with Gasteiger partial charge in [0.2, 0.25) is 5.89 Å². The van der Waals surface area contributed by atoms with Crippen LogP contribution in [0.1, 0.15) is 5.56 Å². The Kier molecular flexibility index (Phi) is 4.34. The van der Waals surface area contributed by atoms with Crippen molar-refractivity contribution in [3.8, 4) is 23.0 Å². The van der Waals surface area contributed by atoms with Crippen LogP contribution in [0.25, 0.3) is 22.6 Å². The highest BCUT2D eigenvalue weighted by molar-refractivity contribution is 14.1. The minimum atomic E-state index is 0.0626. The molecule has 0 spiro atoms. The third kappa shape index (κ3) is 3.15. The normalized spacial score (nSPS) is 11.4. The second kappa shape index (κ2) is 6.80. The van der Waals surface area contributed by atoms with Crippen molar-refractivity contribution in [3.05, 3.63) is 69.8 Å². The number of halogens is 1. The lowest BCUT2D eigenvalue weighted by Crippen LogP contribution is -1.85. The van der Waals surface area contributed by atoms with Crippen molar-refractivity contribution in [2.24, 2.45) is 4.99 Å². The van der Waals surface area contributed by atoms with Crippen LogP contribution in [-0.4, -0.2) is 21.4 Å². The number of oxazole rings is 1. The first-order valence-electron chi connectivity index (χ1n) is 7.82. The molecule has 0 aliphatic rings. The molecule has 0 saturated heterocycles. The van der Waals surface area contributed by atoms with Crippen molar-refractivity contribution in [1.82, 2.24) is 4.98 Å². The maximum Gasteiger partial charge on any atom is 0.231 e. The number of rotatable bonds is 3. The summed E-state index contributed by atoms with van der Waals surface area (Å²) in [5.74, 6) is 0.584. The minimum absolute atomic E-state index is 0.0626. The summed E-state index contributed by atoms with van der Waals surface area (Å²) in [7, 11) is 0. The van der Waals surface area contributed by atoms with E-state index in [9.17, 15) is 10.2 Å². The highest BCUT2D eigenvalue weighted by atomic mass is 127. The third-order valence-electron chi connectivity index (χ3n) is 3.88. The van der Waals surface area contributed by atoms with Crippen LogP contribution >= 0.6 is 22.6 Å². The predicted octanol–water partition coefficient (Wildman–Crippen LogP) is 5.26. The van der Waals surface area contributed by atoms with Crippen LogP contribution in [0.15, 0.2) is 70.1 Å². The van der Waals surface area contributed by atoms with Gasteiger partial charge < -0.3 is 14.6 Å². The van der Waals surface area contributed by atoms with E-state index in [1.165, 1.54) is 0 Å². The van der Waals surface area contributed by atoms with E-state index in [0.717, 1.165) is 9.09 Å². The Morgan fingerprint density at radius 1 is 1.00 bits per heavy atom. The molecular formula is C20H13IN2O3. The smallest absolute Gasteiger partial charge is 0.231 e. The third-order valence-corrected chi connectivity index (χ3v) is 4.75. The lowest BCUT2D eigenvalue weighted by Gasteiger charge is -2.03. The highest BCUT2D eigenvalue weighted by Gasteiger charge is 2.13. The van der Waals surface area contributed by atoms with E-state index >= 15 is 0 Å². The van der Waals surface area contributed by atoms with Gasteiger partial charge in [-0.3, -0.25) is 4.99 Å². The van der Waals surface area contributed by atoms with Crippen molar-refractivity contribution in [3.63, 3.8) is 0 Å². The first-order chi connectivity index (χ1) is 12.6. The van der Waals surface area contributed by atoms with E-state index < -0.39 is 0 Å². The SMILES string of the molecule is Oc1ccc(N=Cc2cccc(I)c2O)cc1-c1nc2ccccc2o1. The fourth-order valence-electron chi connectivity index (χ4n) is 2.54. The van der Waals surface area contributed by atoms with Gasteiger partial charge in [0.25, 0.3) is 0 Å². The molecule has 0 amide bonds. The molecule has 1 aromatic heterocycles. The molecule has 0 bridgehead atoms. The lowest BCUT2D eigenvalue weighted by atomic mass is 10.1. The minimum Gasteiger partial charge on any atom is -0.507 e. The average molecular weight is 456 g/mol. The number of nitrogens with zero attached hydrogens (tertiary/aromatic N) is 2. The van der Waals surface area contributed by atoms with E-state index in [1.807, 2.05) is 36.4 Å². The van der Waals surface area contributed by atoms with E-state index in [2.05, 4.69) is 32.6 Å². The van der Waals surface area contributed by atoms with E-state index in [0.29, 0.717) is 28.3 Å². The van der Waals surface area contributed by atoms with Gasteiger partial charge >= 0.3 is 0 Å². The number of para-hydroxylation sites is 3. The molecule has 0 fully saturated rings. The van der Waals surface area contributed by atoms with Crippen LogP contribution in [0.2, 0.25) is 0 Å². The van der Waals surface area contributed by atoms with Crippen molar-refractivity contribution >= 4 is 45.6 Å². The van der Waals surface area contributed by atoms with Gasteiger partial charge in [0.1, 0.15) is 17.0 Å². The molecule has 4 rings (SSSR count). The van der Waals surface area contributed by atoms with Gasteiger partial charge in [-0.15, -0.1) is 0 Å². The molecule has 0 radical (unpaired) electrons. The van der Waals surface area contributed by atoms with Crippen LogP contribution in [-0.2, 0) is 0 Å². The molecule has 0 aliphatic carbocycles. The van der Waals surface area contributed by atoms with Crippen LogP contribution in [0.4, 0.5) is 5.69 Å². The summed E-state index contributed by atoms with van der Waals surface area (Å²) in [6.45, 7) is 0. The predicted molar refractivity (Wildman–Crippen MR) is 109 cm³/mol. The molecule has 3 aromatic carbocycles. The average Bonchev–Trinajstić information content (AvgIpc) is 3.08. The molecule has 26 heavy (non-hydrogen) atoms. The molecule has 5 nitrogen and oxygen atoms in total. The first kappa shape index (κ1) is 16.6. The van der Waals surface area contributed by atoms with Gasteiger partial charge in [0.05, 0.1) is 14.8 Å². The summed E-state index contributed by atoms with van der Waals surface area (Å²) in [6.07, 6.45) is 1.58. The standard InChI is InChI=1S/C20H13IN2O3/c21-15-5-3-4-12(19(15)25)11-22-13-8-9-17(24)14(10-13)20-23-16-6-1-2-7-18(16)26-20/h1-11,24-25H. The molecule has 2 N–H and O–H groups in total. The highest BCUT2D eigenvalue weighted by Crippen LogP contribution is 2.34. The van der Waals surface area contributed by atoms with Gasteiger partial charge in [-0.25, -0.2) is 4.98 Å². The fourth-order valence-corrected chi connectivity index (χ4v) is 3.06. The molecule has 6 heteroatoms. The Morgan fingerprint density at radius 2 is 1.85 bits per heavy atom. The van der Waals surface area contributed by atoms with Gasteiger partial charge in [-0.05, 0) is 65.1 Å². The van der Waals surface area contributed by atoms with Crippen molar-refractivity contribution in [2.45, 2.75) is 0 Å². The number of aliphatic imine (C=N–C) groups is 1. The number of hydrogen-bond donors (Lipinski definition) is 2. The number of fused-ring (bicyclic) bond motifs is 1. The second-order valence-corrected chi connectivity index (χ2v) is 6.79. The van der Waals surface area contributed by atoms with Crippen LogP contribution < -0.4 is 0 Å². The van der Waals surface area contributed by atoms with Gasteiger partial charge in [-0.2, -0.15) is 0 Å². The quantitative estimate of drug-likeness (QED) is 0.326. The summed E-state index contributed by atoms with van der Waals surface area (Å²) in [4.78, 5) is 8.80. The zero-order chi connectivity index (χ0) is 18.1. The monoisotopic (exact) mass is 456 g/mol. The zero-order valence-electron chi connectivity index (χ0n) is 13.4. The molecule has 4 aromatic rings. The molecule has 1 heterocycles. The Hall–Kier alpha value is -2.87. The fraction of sp³-hybridized carbons (Fsp3) is 0. The lowest BCUT2D eigenvalue weighted by molar-refractivity contribution is 0.470. The van der Waals surface area contributed by atoms with Gasteiger partial charge in [0, 0.05) is 11.8 Å². The van der Waals surface area contributed by atoms with E-state index in [-0.39, 0.29) is 11.5 Å². The number of phenolic OH excluding ortho intramolecular Hbond substituents is 2. The Morgan fingerprint density at radius 3 is 2.69 bits per heavy atom. The largest absolute Gasteiger partial charge is 0.507 e. The number of hydrogen-bond acceptors (Lipinski definition) is 5. The number of aromatic nitrogens is 1. The maximum atomic E-state index is 10.2. The summed E-state index contributed by atoms with van der Waals surface area (Å²) in [5.41, 5.74) is 3.06. The number of benzene rings is 3. The topological polar surface area (TPSA) is 78.9 Å². The number of aromatic hydroxyl groups is 2. The molecule has 0 saturated carbocycles. The summed E-state index contributed by atoms with van der Waals surface area (Å²) < 4.78 is 6.48. The molecule has 0 aliphatic heterocycles. The summed E-state index contributed by atoms with van der Waals surface area (Å²) in [5, 5.41) is 20.3. The van der Waals surface area contributed by atoms with Crippen LogP contribution in [0, 0.1) is 3.57 Å². The second-order valence-electron chi connectivity index (χ2n) is 5.62. The van der Waals surface area contributed by atoms with Crippen molar-refractivity contribution in [2.75, 3.05) is 0 Å². The summed E-state index contributed by atoms with van der Waals surface area (Å²) >= 11 is 2.06. The van der Waals surface area contributed by atoms with Gasteiger partial charge in [-0.1, -0.05) is 18.2 Å². The van der Waals surface area contributed by atoms with Gasteiger partial charge in [0.15, 0.2) is 5.58 Å². The van der Waals surface area contributed by atoms with Crippen LogP contribution in [0.3, 0.4) is 0 Å². The Labute approximate surface area is 162 Å². The van der Waals surface area contributed by atoms with Crippen LogP contribution in [0.5, 0.6) is 11.5 Å². The van der Waals surface area contributed by atoms with E-state index in [4.69, 9.17) is 4.42 Å². The maximum absolute atomic E-state index is 10.2. The molecule has 128 valence electrons. The molecule has 0 unspecified atom stereocenters. The molecular weight excluding hydrogens is 443 g/mol. The zero-order valence-corrected chi connectivity index (χ0v) is 15.6. The Bertz CT molecular complexity index is 1100. The Balaban J connectivity index is 1.72. The van der Waals surface area contributed by atoms with Crippen molar-refractivity contribution in [1.29, 1.82) is 0 Å². The van der Waals surface area contributed by atoms with Crippen molar-refractivity contribution < 1.29 is 14.6 Å².